The summed E-state index contributed by atoms with van der Waals surface area (Å²) >= 11 is 0. The van der Waals surface area contributed by atoms with E-state index < -0.39 is 0 Å². The molecule has 2 amide bonds. The summed E-state index contributed by atoms with van der Waals surface area (Å²) in [5, 5.41) is 5.81. The Labute approximate surface area is 205 Å². The van der Waals surface area contributed by atoms with Crippen LogP contribution in [0.3, 0.4) is 0 Å². The van der Waals surface area contributed by atoms with Crippen LogP contribution in [0.4, 0.5) is 17.1 Å². The lowest BCUT2D eigenvalue weighted by Crippen LogP contribution is -2.48. The zero-order chi connectivity index (χ0) is 24.8. The van der Waals surface area contributed by atoms with Gasteiger partial charge in [0.1, 0.15) is 0 Å². The number of ketones is 1. The van der Waals surface area contributed by atoms with Gasteiger partial charge in [0.05, 0.1) is 17.8 Å². The molecule has 0 bridgehead atoms. The highest BCUT2D eigenvalue weighted by Crippen LogP contribution is 2.20. The summed E-state index contributed by atoms with van der Waals surface area (Å²) in [5.74, 6) is -0.363. The van der Waals surface area contributed by atoms with E-state index in [1.54, 1.807) is 31.2 Å². The molecule has 1 aliphatic rings. The summed E-state index contributed by atoms with van der Waals surface area (Å²) in [6, 6.07) is 22.3. The topological polar surface area (TPSA) is 81.8 Å². The largest absolute Gasteiger partial charge is 0.369 e. The number of Topliss-reactive ketones (excluding diaryl/α,β-unsaturated/α-hetero) is 1. The van der Waals surface area contributed by atoms with E-state index in [1.807, 2.05) is 55.5 Å². The van der Waals surface area contributed by atoms with Crippen molar-refractivity contribution < 1.29 is 14.4 Å². The van der Waals surface area contributed by atoms with Crippen molar-refractivity contribution >= 4 is 34.7 Å². The van der Waals surface area contributed by atoms with Crippen LogP contribution in [0.15, 0.2) is 72.8 Å². The molecule has 0 atom stereocenters. The van der Waals surface area contributed by atoms with Crippen molar-refractivity contribution in [3.63, 3.8) is 0 Å². The third-order valence-corrected chi connectivity index (χ3v) is 6.10. The quantitative estimate of drug-likeness (QED) is 0.506. The van der Waals surface area contributed by atoms with Gasteiger partial charge in [-0.05, 0) is 67.9 Å². The molecule has 7 nitrogen and oxygen atoms in total. The molecular weight excluding hydrogens is 440 g/mol. The lowest BCUT2D eigenvalue weighted by molar-refractivity contribution is -0.117. The van der Waals surface area contributed by atoms with Gasteiger partial charge in [-0.1, -0.05) is 24.3 Å². The molecule has 1 heterocycles. The zero-order valence-electron chi connectivity index (χ0n) is 20.1. The molecule has 3 aromatic carbocycles. The number of nitrogens with zero attached hydrogens (tertiary/aromatic N) is 2. The number of anilines is 3. The van der Waals surface area contributed by atoms with Crippen molar-refractivity contribution in [1.82, 2.24) is 4.90 Å². The van der Waals surface area contributed by atoms with Gasteiger partial charge < -0.3 is 15.5 Å². The number of benzene rings is 3. The Balaban J connectivity index is 1.31. The number of nitrogens with one attached hydrogen (secondary N) is 2. The molecule has 0 aliphatic carbocycles. The summed E-state index contributed by atoms with van der Waals surface area (Å²) in [7, 11) is 0. The van der Waals surface area contributed by atoms with Gasteiger partial charge >= 0.3 is 0 Å². The van der Waals surface area contributed by atoms with E-state index in [2.05, 4.69) is 20.4 Å². The highest BCUT2D eigenvalue weighted by molar-refractivity contribution is 6.10. The summed E-state index contributed by atoms with van der Waals surface area (Å²) < 4.78 is 0. The number of aryl methyl sites for hydroxylation is 1. The first-order chi connectivity index (χ1) is 16.9. The monoisotopic (exact) mass is 470 g/mol. The molecule has 0 aromatic heterocycles. The fourth-order valence-corrected chi connectivity index (χ4v) is 4.18. The zero-order valence-corrected chi connectivity index (χ0v) is 20.1. The number of piperazine rings is 1. The van der Waals surface area contributed by atoms with Crippen LogP contribution >= 0.6 is 0 Å². The third-order valence-electron chi connectivity index (χ3n) is 6.10. The van der Waals surface area contributed by atoms with Crippen molar-refractivity contribution in [2.24, 2.45) is 0 Å². The first-order valence-electron chi connectivity index (χ1n) is 11.7. The van der Waals surface area contributed by atoms with Crippen molar-refractivity contribution in [1.29, 1.82) is 0 Å². The van der Waals surface area contributed by atoms with Crippen LogP contribution in [0.5, 0.6) is 0 Å². The SMILES string of the molecule is CC(=O)c1ccc(N2CCN(CC(=O)Nc3ccccc3C(=O)Nc3cccc(C)c3)CC2)cc1. The van der Waals surface area contributed by atoms with Gasteiger partial charge in [0.2, 0.25) is 5.91 Å². The molecule has 2 N–H and O–H groups in total. The smallest absolute Gasteiger partial charge is 0.257 e. The highest BCUT2D eigenvalue weighted by atomic mass is 16.2. The average Bonchev–Trinajstić information content (AvgIpc) is 2.85. The van der Waals surface area contributed by atoms with Gasteiger partial charge in [-0.15, -0.1) is 0 Å². The van der Waals surface area contributed by atoms with Gasteiger partial charge in [0, 0.05) is 43.1 Å². The number of para-hydroxylation sites is 1. The molecular formula is C28H30N4O3. The van der Waals surface area contributed by atoms with Crippen molar-refractivity contribution in [2.45, 2.75) is 13.8 Å². The Kier molecular flexibility index (Phi) is 7.57. The molecule has 7 heteroatoms. The number of carbonyl (C=O) groups excluding carboxylic acids is 3. The van der Waals surface area contributed by atoms with Gasteiger partial charge in [0.15, 0.2) is 5.78 Å². The summed E-state index contributed by atoms with van der Waals surface area (Å²) in [4.78, 5) is 41.5. The van der Waals surface area contributed by atoms with E-state index in [0.29, 0.717) is 22.5 Å². The highest BCUT2D eigenvalue weighted by Gasteiger charge is 2.20. The maximum absolute atomic E-state index is 12.8. The van der Waals surface area contributed by atoms with Crippen LogP contribution in [-0.2, 0) is 4.79 Å². The Morgan fingerprint density at radius 2 is 1.54 bits per heavy atom. The number of hydrogen-bond acceptors (Lipinski definition) is 5. The van der Waals surface area contributed by atoms with Gasteiger partial charge in [-0.25, -0.2) is 0 Å². The van der Waals surface area contributed by atoms with Crippen LogP contribution < -0.4 is 15.5 Å². The molecule has 0 spiro atoms. The molecule has 1 saturated heterocycles. The average molecular weight is 471 g/mol. The Morgan fingerprint density at radius 1 is 0.829 bits per heavy atom. The summed E-state index contributed by atoms with van der Waals surface area (Å²) in [6.07, 6.45) is 0. The van der Waals surface area contributed by atoms with E-state index in [4.69, 9.17) is 0 Å². The summed E-state index contributed by atoms with van der Waals surface area (Å²) in [5.41, 5.74) is 4.46. The Hall–Kier alpha value is -3.97. The minimum atomic E-state index is -0.268. The maximum Gasteiger partial charge on any atom is 0.257 e. The van der Waals surface area contributed by atoms with E-state index in [9.17, 15) is 14.4 Å². The fourth-order valence-electron chi connectivity index (χ4n) is 4.18. The second-order valence-electron chi connectivity index (χ2n) is 8.78. The first-order valence-corrected chi connectivity index (χ1v) is 11.7. The second kappa shape index (κ2) is 11.0. The summed E-state index contributed by atoms with van der Waals surface area (Å²) in [6.45, 7) is 6.87. The van der Waals surface area contributed by atoms with E-state index in [1.165, 1.54) is 0 Å². The fraction of sp³-hybridized carbons (Fsp3) is 0.250. The molecule has 1 fully saturated rings. The van der Waals surface area contributed by atoms with Crippen LogP contribution in [0.25, 0.3) is 0 Å². The first kappa shape index (κ1) is 24.2. The van der Waals surface area contributed by atoms with Crippen molar-refractivity contribution in [3.05, 3.63) is 89.5 Å². The van der Waals surface area contributed by atoms with Crippen LogP contribution in [0.2, 0.25) is 0 Å². The van der Waals surface area contributed by atoms with E-state index in [-0.39, 0.29) is 24.1 Å². The number of amides is 2. The predicted octanol–water partition coefficient (Wildman–Crippen LogP) is 4.21. The van der Waals surface area contributed by atoms with Crippen molar-refractivity contribution in [2.75, 3.05) is 48.3 Å². The van der Waals surface area contributed by atoms with Gasteiger partial charge in [0.25, 0.3) is 5.91 Å². The minimum Gasteiger partial charge on any atom is -0.369 e. The molecule has 35 heavy (non-hydrogen) atoms. The normalized spacial score (nSPS) is 13.8. The molecule has 0 saturated carbocycles. The number of rotatable bonds is 7. The molecule has 3 aromatic rings. The Bertz CT molecular complexity index is 1210. The predicted molar refractivity (Wildman–Crippen MR) is 139 cm³/mol. The lowest BCUT2D eigenvalue weighted by atomic mass is 10.1. The van der Waals surface area contributed by atoms with Crippen molar-refractivity contribution in [3.8, 4) is 0 Å². The van der Waals surface area contributed by atoms with Gasteiger partial charge in [-0.2, -0.15) is 0 Å². The standard InChI is InChI=1S/C28H30N4O3/c1-20-6-5-7-23(18-20)29-28(35)25-8-3-4-9-26(25)30-27(34)19-31-14-16-32(17-15-31)24-12-10-22(11-13-24)21(2)33/h3-13,18H,14-17,19H2,1-2H3,(H,29,35)(H,30,34). The van der Waals surface area contributed by atoms with E-state index in [0.717, 1.165) is 37.4 Å². The molecule has 4 rings (SSSR count). The molecule has 1 aliphatic heterocycles. The van der Waals surface area contributed by atoms with Crippen LogP contribution in [0.1, 0.15) is 33.2 Å². The third kappa shape index (κ3) is 6.33. The van der Waals surface area contributed by atoms with Crippen LogP contribution in [0, 0.1) is 6.92 Å². The van der Waals surface area contributed by atoms with E-state index >= 15 is 0 Å². The molecule has 0 unspecified atom stereocenters. The van der Waals surface area contributed by atoms with Crippen LogP contribution in [-0.4, -0.2) is 55.2 Å². The lowest BCUT2D eigenvalue weighted by Gasteiger charge is -2.35. The minimum absolute atomic E-state index is 0.0570. The number of hydrogen-bond donors (Lipinski definition) is 2. The van der Waals surface area contributed by atoms with Gasteiger partial charge in [-0.3, -0.25) is 19.3 Å². The molecule has 180 valence electrons. The number of carbonyl (C=O) groups is 3. The second-order valence-corrected chi connectivity index (χ2v) is 8.78. The maximum atomic E-state index is 12.8. The Morgan fingerprint density at radius 3 is 2.23 bits per heavy atom. The molecule has 0 radical (unpaired) electrons.